The van der Waals surface area contributed by atoms with Crippen LogP contribution in [0.15, 0.2) is 36.4 Å². The number of nitrogens with zero attached hydrogens (tertiary/aromatic N) is 2. The van der Waals surface area contributed by atoms with Gasteiger partial charge in [-0.3, -0.25) is 9.59 Å². The number of amides is 2. The van der Waals surface area contributed by atoms with Crippen LogP contribution in [-0.2, 0) is 18.8 Å². The van der Waals surface area contributed by atoms with Gasteiger partial charge >= 0.3 is 0 Å². The first-order valence-electron chi connectivity index (χ1n) is 12.7. The molecule has 3 aliphatic heterocycles. The fraction of sp³-hybridized carbons (Fsp3) is 0.536. The SMILES string of the molecule is CC12OC(CCO[Si](C)(C)C(C)(C)C)(C(O)C1O)C1C(=O)N(c3ccc(C#N)c4ccccc34)C(=O)C12. The summed E-state index contributed by atoms with van der Waals surface area (Å²) in [6.07, 6.45) is -2.48. The van der Waals surface area contributed by atoms with E-state index in [0.29, 0.717) is 22.0 Å². The summed E-state index contributed by atoms with van der Waals surface area (Å²) < 4.78 is 12.7. The summed E-state index contributed by atoms with van der Waals surface area (Å²) in [4.78, 5) is 29.1. The Balaban J connectivity index is 1.55. The Bertz CT molecular complexity index is 1350. The predicted octanol–water partition coefficient (Wildman–Crippen LogP) is 3.49. The van der Waals surface area contributed by atoms with Crippen LogP contribution in [-0.4, -0.2) is 60.4 Å². The summed E-state index contributed by atoms with van der Waals surface area (Å²) in [5.41, 5.74) is -2.02. The number of carbonyl (C=O) groups excluding carboxylic acids is 2. The highest BCUT2D eigenvalue weighted by atomic mass is 28.4. The molecule has 8 nitrogen and oxygen atoms in total. The molecule has 37 heavy (non-hydrogen) atoms. The van der Waals surface area contributed by atoms with Gasteiger partial charge < -0.3 is 19.4 Å². The minimum absolute atomic E-state index is 0.0291. The van der Waals surface area contributed by atoms with Gasteiger partial charge in [0.2, 0.25) is 11.8 Å². The number of hydrogen-bond acceptors (Lipinski definition) is 7. The maximum Gasteiger partial charge on any atom is 0.240 e. The van der Waals surface area contributed by atoms with Crippen molar-refractivity contribution in [3.63, 3.8) is 0 Å². The molecule has 2 bridgehead atoms. The number of benzene rings is 2. The fourth-order valence-corrected chi connectivity index (χ4v) is 7.24. The summed E-state index contributed by atoms with van der Waals surface area (Å²) >= 11 is 0. The lowest BCUT2D eigenvalue weighted by Crippen LogP contribution is -2.58. The van der Waals surface area contributed by atoms with Gasteiger partial charge in [0, 0.05) is 23.8 Å². The number of aliphatic hydroxyl groups is 2. The van der Waals surface area contributed by atoms with Gasteiger partial charge in [-0.05, 0) is 37.2 Å². The molecule has 5 rings (SSSR count). The quantitative estimate of drug-likeness (QED) is 0.456. The van der Waals surface area contributed by atoms with Crippen molar-refractivity contribution in [2.75, 3.05) is 11.5 Å². The van der Waals surface area contributed by atoms with Crippen LogP contribution in [0.4, 0.5) is 5.69 Å². The molecule has 3 fully saturated rings. The summed E-state index contributed by atoms with van der Waals surface area (Å²) in [7, 11) is -2.12. The molecule has 0 aliphatic carbocycles. The molecule has 6 unspecified atom stereocenters. The van der Waals surface area contributed by atoms with E-state index in [4.69, 9.17) is 9.16 Å². The molecule has 0 radical (unpaired) electrons. The second-order valence-electron chi connectivity index (χ2n) is 12.2. The van der Waals surface area contributed by atoms with E-state index >= 15 is 0 Å². The number of anilines is 1. The summed E-state index contributed by atoms with van der Waals surface area (Å²) in [6.45, 7) is 12.5. The van der Waals surface area contributed by atoms with Crippen LogP contribution in [0, 0.1) is 23.2 Å². The van der Waals surface area contributed by atoms with Crippen LogP contribution in [0.2, 0.25) is 18.1 Å². The standard InChI is InChI=1S/C28H34N2O6Si/c1-26(2,3)37(5,6)35-14-13-28-21-20(27(4,36-28)22(31)23(28)32)24(33)30(25(21)34)19-12-11-16(15-29)17-9-7-8-10-18(17)19/h7-12,20-23,31-32H,13-14H2,1-6H3. The molecule has 3 saturated heterocycles. The van der Waals surface area contributed by atoms with E-state index in [9.17, 15) is 25.1 Å². The third kappa shape index (κ3) is 3.40. The van der Waals surface area contributed by atoms with E-state index in [2.05, 4.69) is 39.9 Å². The van der Waals surface area contributed by atoms with Crippen molar-refractivity contribution in [2.45, 2.75) is 75.7 Å². The van der Waals surface area contributed by atoms with Crippen LogP contribution < -0.4 is 4.90 Å². The number of aliphatic hydroxyl groups excluding tert-OH is 2. The number of fused-ring (bicyclic) bond motifs is 6. The second kappa shape index (κ2) is 8.19. The van der Waals surface area contributed by atoms with Gasteiger partial charge in [-0.1, -0.05) is 45.0 Å². The number of carbonyl (C=O) groups is 2. The monoisotopic (exact) mass is 522 g/mol. The summed E-state index contributed by atoms with van der Waals surface area (Å²) in [5.74, 6) is -2.83. The molecule has 2 aromatic rings. The highest BCUT2D eigenvalue weighted by molar-refractivity contribution is 6.74. The topological polar surface area (TPSA) is 120 Å². The van der Waals surface area contributed by atoms with Crippen molar-refractivity contribution >= 4 is 36.6 Å². The summed E-state index contributed by atoms with van der Waals surface area (Å²) in [6, 6.07) is 12.5. The van der Waals surface area contributed by atoms with Gasteiger partial charge in [-0.25, -0.2) is 4.90 Å². The molecule has 196 valence electrons. The van der Waals surface area contributed by atoms with Crippen LogP contribution in [0.25, 0.3) is 10.8 Å². The van der Waals surface area contributed by atoms with Crippen molar-refractivity contribution in [3.8, 4) is 6.07 Å². The molecular formula is C28H34N2O6Si. The van der Waals surface area contributed by atoms with Crippen molar-refractivity contribution in [3.05, 3.63) is 42.0 Å². The first-order chi connectivity index (χ1) is 17.2. The van der Waals surface area contributed by atoms with E-state index in [-0.39, 0.29) is 18.1 Å². The molecule has 0 spiro atoms. The molecule has 0 saturated carbocycles. The fourth-order valence-electron chi connectivity index (χ4n) is 6.19. The largest absolute Gasteiger partial charge is 0.417 e. The Hall–Kier alpha value is -2.61. The van der Waals surface area contributed by atoms with Crippen molar-refractivity contribution in [1.29, 1.82) is 5.26 Å². The van der Waals surface area contributed by atoms with Gasteiger partial charge in [0.1, 0.15) is 23.4 Å². The Kier molecular flexibility index (Phi) is 5.76. The average Bonchev–Trinajstić information content (AvgIpc) is 3.34. The lowest BCUT2D eigenvalue weighted by Gasteiger charge is -2.40. The zero-order chi connectivity index (χ0) is 27.1. The zero-order valence-electron chi connectivity index (χ0n) is 22.1. The molecule has 2 aromatic carbocycles. The van der Waals surface area contributed by atoms with Crippen LogP contribution in [0.3, 0.4) is 0 Å². The molecule has 2 N–H and O–H groups in total. The summed E-state index contributed by atoms with van der Waals surface area (Å²) in [5, 5.41) is 33.0. The molecule has 2 amide bonds. The predicted molar refractivity (Wildman–Crippen MR) is 140 cm³/mol. The minimum Gasteiger partial charge on any atom is -0.417 e. The van der Waals surface area contributed by atoms with E-state index in [0.717, 1.165) is 4.90 Å². The van der Waals surface area contributed by atoms with E-state index in [1.54, 1.807) is 43.3 Å². The Morgan fingerprint density at radius 3 is 2.30 bits per heavy atom. The van der Waals surface area contributed by atoms with Gasteiger partial charge in [-0.15, -0.1) is 0 Å². The first-order valence-corrected chi connectivity index (χ1v) is 15.6. The van der Waals surface area contributed by atoms with Crippen LogP contribution in [0.5, 0.6) is 0 Å². The Morgan fingerprint density at radius 1 is 1.05 bits per heavy atom. The molecule has 3 heterocycles. The van der Waals surface area contributed by atoms with Crippen LogP contribution >= 0.6 is 0 Å². The van der Waals surface area contributed by atoms with E-state index in [1.165, 1.54) is 0 Å². The number of ether oxygens (including phenoxy) is 1. The van der Waals surface area contributed by atoms with Crippen molar-refractivity contribution < 1.29 is 29.0 Å². The van der Waals surface area contributed by atoms with E-state index < -0.39 is 55.4 Å². The maximum absolute atomic E-state index is 14.0. The lowest BCUT2D eigenvalue weighted by atomic mass is 9.64. The molecule has 3 aliphatic rings. The molecule has 0 aromatic heterocycles. The smallest absolute Gasteiger partial charge is 0.240 e. The normalized spacial score (nSPS) is 33.3. The van der Waals surface area contributed by atoms with Crippen molar-refractivity contribution in [1.82, 2.24) is 0 Å². The number of hydrogen-bond donors (Lipinski definition) is 2. The lowest BCUT2D eigenvalue weighted by molar-refractivity contribution is -0.137. The highest BCUT2D eigenvalue weighted by Gasteiger charge is 2.80. The number of nitriles is 1. The highest BCUT2D eigenvalue weighted by Crippen LogP contribution is 2.62. The molecule has 6 atom stereocenters. The third-order valence-electron chi connectivity index (χ3n) is 9.27. The maximum atomic E-state index is 14.0. The average molecular weight is 523 g/mol. The first kappa shape index (κ1) is 26.0. The van der Waals surface area contributed by atoms with Gasteiger partial charge in [-0.2, -0.15) is 5.26 Å². The minimum atomic E-state index is -2.12. The zero-order valence-corrected chi connectivity index (χ0v) is 23.1. The Labute approximate surface area is 217 Å². The number of imide groups is 1. The van der Waals surface area contributed by atoms with Crippen molar-refractivity contribution in [2.24, 2.45) is 11.8 Å². The molecular weight excluding hydrogens is 488 g/mol. The van der Waals surface area contributed by atoms with E-state index in [1.807, 2.05) is 0 Å². The second-order valence-corrected chi connectivity index (χ2v) is 17.1. The van der Waals surface area contributed by atoms with Crippen LogP contribution in [0.1, 0.15) is 39.7 Å². The van der Waals surface area contributed by atoms with Gasteiger partial charge in [0.25, 0.3) is 0 Å². The number of rotatable bonds is 5. The molecule has 9 heteroatoms. The van der Waals surface area contributed by atoms with Gasteiger partial charge in [0.05, 0.1) is 29.2 Å². The Morgan fingerprint density at radius 2 is 1.68 bits per heavy atom. The van der Waals surface area contributed by atoms with Gasteiger partial charge in [0.15, 0.2) is 8.32 Å². The third-order valence-corrected chi connectivity index (χ3v) is 13.8.